The summed E-state index contributed by atoms with van der Waals surface area (Å²) in [6, 6.07) is 5.70. The third kappa shape index (κ3) is 4.31. The third-order valence-electron chi connectivity index (χ3n) is 5.34. The quantitative estimate of drug-likeness (QED) is 0.546. The predicted octanol–water partition coefficient (Wildman–Crippen LogP) is 2.66. The van der Waals surface area contributed by atoms with Crippen LogP contribution in [0.4, 0.5) is 10.1 Å². The first kappa shape index (κ1) is 22.2. The number of halogens is 1. The zero-order valence-electron chi connectivity index (χ0n) is 17.6. The summed E-state index contributed by atoms with van der Waals surface area (Å²) in [5.74, 6) is -0.577. The van der Waals surface area contributed by atoms with Crippen molar-refractivity contribution in [1.82, 2.24) is 14.0 Å². The van der Waals surface area contributed by atoms with Gasteiger partial charge in [0.2, 0.25) is 0 Å². The number of carbonyl (C=O) groups excluding carboxylic acids is 1. The lowest BCUT2D eigenvalue weighted by Crippen LogP contribution is -2.46. The summed E-state index contributed by atoms with van der Waals surface area (Å²) in [7, 11) is 0.312. The van der Waals surface area contributed by atoms with Crippen LogP contribution in [0.15, 0.2) is 29.3 Å². The summed E-state index contributed by atoms with van der Waals surface area (Å²) < 4.78 is 35.2. The number of aryl methyl sites for hydroxylation is 1. The Kier molecular flexibility index (Phi) is 6.41. The average molecular weight is 434 g/mol. The summed E-state index contributed by atoms with van der Waals surface area (Å²) in [5.41, 5.74) is 1.34. The largest absolute Gasteiger partial charge is 0.345 e. The smallest absolute Gasteiger partial charge is 0.272 e. The molecular formula is C21H28FN5O2S. The molecule has 2 aromatic rings. The van der Waals surface area contributed by atoms with E-state index in [1.807, 2.05) is 0 Å². The van der Waals surface area contributed by atoms with Crippen LogP contribution in [0.2, 0.25) is 0 Å². The number of benzene rings is 1. The van der Waals surface area contributed by atoms with E-state index in [1.54, 1.807) is 30.9 Å². The Morgan fingerprint density at radius 2 is 2.20 bits per heavy atom. The van der Waals surface area contributed by atoms with Crippen LogP contribution in [0.25, 0.3) is 0 Å². The predicted molar refractivity (Wildman–Crippen MR) is 116 cm³/mol. The molecule has 0 aliphatic carbocycles. The molecule has 1 aliphatic heterocycles. The highest BCUT2D eigenvalue weighted by atomic mass is 32.3. The fourth-order valence-electron chi connectivity index (χ4n) is 3.99. The van der Waals surface area contributed by atoms with Crippen LogP contribution in [0.5, 0.6) is 0 Å². The van der Waals surface area contributed by atoms with Gasteiger partial charge in [-0.2, -0.15) is 5.26 Å². The second-order valence-electron chi connectivity index (χ2n) is 8.04. The van der Waals surface area contributed by atoms with E-state index in [0.29, 0.717) is 28.6 Å². The third-order valence-corrected chi connectivity index (χ3v) is 7.76. The maximum Gasteiger partial charge on any atom is 0.272 e. The van der Waals surface area contributed by atoms with Crippen molar-refractivity contribution in [2.24, 2.45) is 13.0 Å². The minimum Gasteiger partial charge on any atom is -0.345 e. The molecule has 0 bridgehead atoms. The van der Waals surface area contributed by atoms with Crippen LogP contribution in [0.3, 0.4) is 0 Å². The van der Waals surface area contributed by atoms with Gasteiger partial charge >= 0.3 is 0 Å². The molecule has 1 aliphatic rings. The Hall–Kier alpha value is -2.54. The lowest BCUT2D eigenvalue weighted by atomic mass is 9.98. The molecule has 1 amide bonds. The molecule has 1 aromatic carbocycles. The minimum absolute atomic E-state index is 0.0761. The number of amides is 1. The van der Waals surface area contributed by atoms with Gasteiger partial charge in [0.05, 0.1) is 10.5 Å². The van der Waals surface area contributed by atoms with Gasteiger partial charge in [-0.3, -0.25) is 9.00 Å². The summed E-state index contributed by atoms with van der Waals surface area (Å²) in [6.45, 7) is 4.25. The number of carbonyl (C=O) groups is 1. The zero-order chi connectivity index (χ0) is 22.1. The number of anilines is 1. The van der Waals surface area contributed by atoms with E-state index < -0.39 is 16.1 Å². The second-order valence-corrected chi connectivity index (χ2v) is 10.4. The molecule has 2 heterocycles. The van der Waals surface area contributed by atoms with E-state index in [4.69, 9.17) is 5.26 Å². The molecule has 1 atom stereocenters. The molecule has 0 spiro atoms. The molecular weight excluding hydrogens is 405 g/mol. The Morgan fingerprint density at radius 3 is 2.83 bits per heavy atom. The van der Waals surface area contributed by atoms with Gasteiger partial charge in [-0.15, -0.1) is 0 Å². The number of thiol groups is 1. The number of nitriles is 1. The van der Waals surface area contributed by atoms with E-state index in [1.165, 1.54) is 12.1 Å². The SMILES string of the molecule is CN[SH]1(=O)N[C@@H](CC(C)C)CCc2c1cn(C)c2C(=O)Nc1ccc(F)c(C#N)c1. The van der Waals surface area contributed by atoms with Gasteiger partial charge in [0.15, 0.2) is 0 Å². The van der Waals surface area contributed by atoms with Crippen molar-refractivity contribution >= 4 is 21.9 Å². The number of aromatic nitrogens is 1. The molecule has 9 heteroatoms. The van der Waals surface area contributed by atoms with Crippen LogP contribution >= 0.6 is 0 Å². The number of nitrogens with zero attached hydrogens (tertiary/aromatic N) is 2. The van der Waals surface area contributed by atoms with Gasteiger partial charge in [0, 0.05) is 35.3 Å². The summed E-state index contributed by atoms with van der Waals surface area (Å²) in [4.78, 5) is 13.7. The fourth-order valence-corrected chi connectivity index (χ4v) is 6.18. The van der Waals surface area contributed by atoms with Gasteiger partial charge < -0.3 is 9.88 Å². The first-order valence-electron chi connectivity index (χ1n) is 9.95. The molecule has 0 unspecified atom stereocenters. The highest BCUT2D eigenvalue weighted by Gasteiger charge is 2.32. The van der Waals surface area contributed by atoms with Crippen LogP contribution in [-0.4, -0.2) is 27.8 Å². The summed E-state index contributed by atoms with van der Waals surface area (Å²) in [5, 5.41) is 11.8. The molecule has 30 heavy (non-hydrogen) atoms. The maximum absolute atomic E-state index is 13.7. The number of rotatable bonds is 5. The van der Waals surface area contributed by atoms with Gasteiger partial charge in [0.1, 0.15) is 17.6 Å². The van der Waals surface area contributed by atoms with E-state index in [9.17, 15) is 13.4 Å². The lowest BCUT2D eigenvalue weighted by Gasteiger charge is -2.28. The fraction of sp³-hybridized carbons (Fsp3) is 0.429. The monoisotopic (exact) mass is 433 g/mol. The molecule has 3 rings (SSSR count). The molecule has 1 aromatic heterocycles. The van der Waals surface area contributed by atoms with Crippen LogP contribution in [-0.2, 0) is 23.8 Å². The van der Waals surface area contributed by atoms with Crippen molar-refractivity contribution in [2.45, 2.75) is 44.0 Å². The number of nitrogens with one attached hydrogen (secondary N) is 3. The Morgan fingerprint density at radius 1 is 1.47 bits per heavy atom. The minimum atomic E-state index is -3.08. The number of hydrogen-bond donors (Lipinski definition) is 4. The Balaban J connectivity index is 1.96. The molecule has 0 fully saturated rings. The van der Waals surface area contributed by atoms with Crippen LogP contribution < -0.4 is 14.8 Å². The van der Waals surface area contributed by atoms with Crippen molar-refractivity contribution in [2.75, 3.05) is 12.4 Å². The Labute approximate surface area is 177 Å². The van der Waals surface area contributed by atoms with Crippen molar-refractivity contribution in [3.8, 4) is 6.07 Å². The first-order chi connectivity index (χ1) is 14.2. The molecule has 162 valence electrons. The zero-order valence-corrected chi connectivity index (χ0v) is 18.5. The first-order valence-corrected chi connectivity index (χ1v) is 11.7. The second kappa shape index (κ2) is 8.68. The van der Waals surface area contributed by atoms with E-state index in [0.717, 1.165) is 24.5 Å². The van der Waals surface area contributed by atoms with Crippen LogP contribution in [0, 0.1) is 23.1 Å². The molecule has 0 saturated heterocycles. The maximum atomic E-state index is 13.7. The lowest BCUT2D eigenvalue weighted by molar-refractivity contribution is 0.101. The average Bonchev–Trinajstić information content (AvgIpc) is 2.97. The summed E-state index contributed by atoms with van der Waals surface area (Å²) in [6.07, 6.45) is 3.99. The van der Waals surface area contributed by atoms with E-state index in [2.05, 4.69) is 28.6 Å². The van der Waals surface area contributed by atoms with Gasteiger partial charge in [-0.1, -0.05) is 13.8 Å². The highest BCUT2D eigenvalue weighted by Crippen LogP contribution is 2.31. The van der Waals surface area contributed by atoms with Crippen molar-refractivity contribution in [1.29, 1.82) is 5.26 Å². The van der Waals surface area contributed by atoms with E-state index >= 15 is 0 Å². The van der Waals surface area contributed by atoms with Gasteiger partial charge in [-0.05, 0) is 56.0 Å². The normalized spacial score (nSPS) is 18.9. The molecule has 0 saturated carbocycles. The Bertz CT molecular complexity index is 1060. The topological polar surface area (TPSA) is 98.9 Å². The van der Waals surface area contributed by atoms with Crippen molar-refractivity contribution < 1.29 is 13.4 Å². The standard InChI is InChI=1S/C21H28FN5O2S/c1-13(2)9-16-5-7-17-19(30(29,24-3)26-16)12-27(4)20(17)21(28)25-15-6-8-18(22)14(10-15)11-23/h6,8,10,12-13,16,30H,5,7,9H2,1-4H3,(H,25,28)(H2,24,26,29)/t16-/m1/s1. The van der Waals surface area contributed by atoms with Gasteiger partial charge in [-0.25, -0.2) is 13.8 Å². The molecule has 3 N–H and O–H groups in total. The highest BCUT2D eigenvalue weighted by molar-refractivity contribution is 7.99. The number of hydrogen-bond acceptors (Lipinski definition) is 3. The molecule has 7 nitrogen and oxygen atoms in total. The van der Waals surface area contributed by atoms with E-state index in [-0.39, 0.29) is 17.5 Å². The summed E-state index contributed by atoms with van der Waals surface area (Å²) >= 11 is 0. The van der Waals surface area contributed by atoms with Crippen molar-refractivity contribution in [3.05, 3.63) is 47.0 Å². The number of fused-ring (bicyclic) bond motifs is 1. The van der Waals surface area contributed by atoms with Gasteiger partial charge in [0.25, 0.3) is 5.91 Å². The van der Waals surface area contributed by atoms with Crippen LogP contribution in [0.1, 0.15) is 48.3 Å². The van der Waals surface area contributed by atoms with Crippen molar-refractivity contribution in [3.63, 3.8) is 0 Å². The molecule has 0 radical (unpaired) electrons.